The first kappa shape index (κ1) is 46.9. The van der Waals surface area contributed by atoms with Gasteiger partial charge >= 0.3 is 41.5 Å². The fourth-order valence-corrected chi connectivity index (χ4v) is 8.35. The Balaban J connectivity index is 0.00000304. The monoisotopic (exact) mass is 1150 g/mol. The second kappa shape index (κ2) is 20.1. The maximum atomic E-state index is 6.87. The maximum Gasteiger partial charge on any atom is 2.00 e. The number of ether oxygens (including phenoxy) is 2. The smallest absolute Gasteiger partial charge is 0.502 e. The van der Waals surface area contributed by atoms with Crippen molar-refractivity contribution in [1.29, 1.82) is 0 Å². The molecule has 334 valence electrons. The molecule has 6 aromatic carbocycles. The number of rotatable bonds is 11. The first-order valence-electron chi connectivity index (χ1n) is 21.8. The molecule has 0 bridgehead atoms. The van der Waals surface area contributed by atoms with Crippen LogP contribution in [0.1, 0.15) is 61.8 Å². The van der Waals surface area contributed by atoms with Gasteiger partial charge in [0.05, 0.1) is 0 Å². The van der Waals surface area contributed by atoms with Gasteiger partial charge in [0.25, 0.3) is 0 Å². The van der Waals surface area contributed by atoms with E-state index in [4.69, 9.17) is 9.47 Å². The molecule has 0 unspecified atom stereocenters. The van der Waals surface area contributed by atoms with Crippen LogP contribution < -0.4 is 9.47 Å². The van der Waals surface area contributed by atoms with Gasteiger partial charge < -0.3 is 24.0 Å². The zero-order valence-electron chi connectivity index (χ0n) is 37.6. The molecule has 0 spiro atoms. The molecule has 10 rings (SSSR count). The molecule has 0 saturated heterocycles. The summed E-state index contributed by atoms with van der Waals surface area (Å²) in [5, 5.41) is 1.82. The zero-order valence-corrected chi connectivity index (χ0v) is 41.5. The van der Waals surface area contributed by atoms with Crippen molar-refractivity contribution in [2.75, 3.05) is 0 Å². The minimum absolute atomic E-state index is 0. The molecular formula is C57H44N6O2PdPt. The Morgan fingerprint density at radius 2 is 0.940 bits per heavy atom. The van der Waals surface area contributed by atoms with Gasteiger partial charge in [-0.05, 0) is 46.5 Å². The maximum absolute atomic E-state index is 6.87. The molecule has 0 aliphatic rings. The van der Waals surface area contributed by atoms with Crippen LogP contribution in [-0.4, -0.2) is 29.5 Å². The van der Waals surface area contributed by atoms with Gasteiger partial charge in [0, 0.05) is 35.4 Å². The minimum Gasteiger partial charge on any atom is -0.502 e. The largest absolute Gasteiger partial charge is 2.00 e. The summed E-state index contributed by atoms with van der Waals surface area (Å²) in [6, 6.07) is 55.5. The van der Waals surface area contributed by atoms with E-state index in [1.54, 1.807) is 12.4 Å². The SMILES string of the molecule is Cc1cc(-c2ccccn2)[c-]c(Oc2[c-]c3c(cc2)c2ccc(Oc4[c-]c(-c5ccccn5)cc(C)c4-c4ccc(C(C)C)cc4)[c-]c2n3-c2ncncn2)c1-c1ccc(C(C)C)cc1.[Pd+2].[Pt+2]. The Bertz CT molecular complexity index is 3120. The number of benzene rings is 6. The van der Waals surface area contributed by atoms with Crippen LogP contribution in [0.3, 0.4) is 0 Å². The number of aromatic nitrogens is 6. The first-order chi connectivity index (χ1) is 31.7. The Morgan fingerprint density at radius 3 is 1.33 bits per heavy atom. The van der Waals surface area contributed by atoms with E-state index in [0.29, 0.717) is 51.8 Å². The molecule has 10 heteroatoms. The Hall–Kier alpha value is -6.62. The van der Waals surface area contributed by atoms with Crippen LogP contribution >= 0.6 is 0 Å². The standard InChI is InChI=1S/C57H44N6O2.Pd.Pt/c1-35(2)39-13-17-41(18-14-39)55-37(5)27-43(49-11-7-9-25-59-49)29-53(55)64-45-21-23-47-48-24-22-46(32-52(48)63(51(47)31-45)57-61-33-58-34-62-57)65-54-30-44(50-12-8-10-26-60-50)28-38(6)56(54)42-19-15-40(16-20-42)36(3)4;;/h7-28,33-36H,1-6H3;;/q-4;2*+2. The molecule has 0 aliphatic carbocycles. The molecule has 0 radical (unpaired) electrons. The predicted molar refractivity (Wildman–Crippen MR) is 258 cm³/mol. The van der Waals surface area contributed by atoms with Crippen molar-refractivity contribution in [3.8, 4) is 73.7 Å². The number of nitrogens with zero attached hydrogens (tertiary/aromatic N) is 6. The van der Waals surface area contributed by atoms with Crippen LogP contribution in [0.2, 0.25) is 0 Å². The molecule has 0 fully saturated rings. The molecule has 4 heterocycles. The number of aryl methyl sites for hydroxylation is 2. The summed E-state index contributed by atoms with van der Waals surface area (Å²) >= 11 is 0. The van der Waals surface area contributed by atoms with Crippen LogP contribution in [0.5, 0.6) is 23.0 Å². The van der Waals surface area contributed by atoms with E-state index in [2.05, 4.69) is 151 Å². The third-order valence-electron chi connectivity index (χ3n) is 11.7. The summed E-state index contributed by atoms with van der Waals surface area (Å²) in [5.41, 5.74) is 13.2. The molecule has 10 aromatic rings. The molecule has 0 amide bonds. The first-order valence-corrected chi connectivity index (χ1v) is 21.8. The number of pyridine rings is 2. The molecule has 0 saturated carbocycles. The van der Waals surface area contributed by atoms with Crippen LogP contribution in [-0.2, 0) is 41.5 Å². The van der Waals surface area contributed by atoms with Crippen molar-refractivity contribution in [1.82, 2.24) is 29.5 Å². The van der Waals surface area contributed by atoms with Crippen LogP contribution in [0.25, 0.3) is 72.5 Å². The van der Waals surface area contributed by atoms with Crippen molar-refractivity contribution in [3.63, 3.8) is 0 Å². The molecular weight excluding hydrogens is 1100 g/mol. The Labute approximate surface area is 419 Å². The summed E-state index contributed by atoms with van der Waals surface area (Å²) < 4.78 is 15.7. The van der Waals surface area contributed by atoms with E-state index in [-0.39, 0.29) is 41.5 Å². The average Bonchev–Trinajstić information content (AvgIpc) is 3.65. The third kappa shape index (κ3) is 9.51. The molecule has 8 nitrogen and oxygen atoms in total. The predicted octanol–water partition coefficient (Wildman–Crippen LogP) is 14.1. The average molecular weight is 1150 g/mol. The molecule has 0 atom stereocenters. The van der Waals surface area contributed by atoms with Crippen molar-refractivity contribution in [2.45, 2.75) is 53.4 Å². The second-order valence-corrected chi connectivity index (χ2v) is 16.8. The number of hydrogen-bond acceptors (Lipinski definition) is 7. The van der Waals surface area contributed by atoms with Gasteiger partial charge in [-0.15, -0.1) is 58.7 Å². The third-order valence-corrected chi connectivity index (χ3v) is 11.7. The molecule has 0 N–H and O–H groups in total. The van der Waals surface area contributed by atoms with E-state index in [9.17, 15) is 0 Å². The second-order valence-electron chi connectivity index (χ2n) is 16.8. The van der Waals surface area contributed by atoms with E-state index < -0.39 is 0 Å². The van der Waals surface area contributed by atoms with E-state index in [1.807, 2.05) is 65.2 Å². The van der Waals surface area contributed by atoms with Crippen molar-refractivity contribution < 1.29 is 51.0 Å². The van der Waals surface area contributed by atoms with E-state index in [1.165, 1.54) is 23.8 Å². The Kier molecular flexibility index (Phi) is 14.1. The van der Waals surface area contributed by atoms with Crippen LogP contribution in [0.4, 0.5) is 0 Å². The summed E-state index contributed by atoms with van der Waals surface area (Å²) in [7, 11) is 0. The fraction of sp³-hybridized carbons (Fsp3) is 0.140. The van der Waals surface area contributed by atoms with Crippen molar-refractivity contribution >= 4 is 21.8 Å². The van der Waals surface area contributed by atoms with E-state index >= 15 is 0 Å². The number of fused-ring (bicyclic) bond motifs is 3. The minimum atomic E-state index is 0. The van der Waals surface area contributed by atoms with Gasteiger partial charge in [-0.25, -0.2) is 15.0 Å². The fourth-order valence-electron chi connectivity index (χ4n) is 8.35. The Morgan fingerprint density at radius 1 is 0.507 bits per heavy atom. The number of hydrogen-bond donors (Lipinski definition) is 0. The topological polar surface area (TPSA) is 87.8 Å². The summed E-state index contributed by atoms with van der Waals surface area (Å²) in [6.45, 7) is 13.0. The van der Waals surface area contributed by atoms with Crippen LogP contribution in [0, 0.1) is 38.1 Å². The molecule has 4 aromatic heterocycles. The van der Waals surface area contributed by atoms with Gasteiger partial charge in [0.1, 0.15) is 12.7 Å². The molecule has 67 heavy (non-hydrogen) atoms. The van der Waals surface area contributed by atoms with E-state index in [0.717, 1.165) is 66.7 Å². The van der Waals surface area contributed by atoms with Crippen molar-refractivity contribution in [3.05, 3.63) is 193 Å². The van der Waals surface area contributed by atoms with Gasteiger partial charge in [0.15, 0.2) is 0 Å². The summed E-state index contributed by atoms with van der Waals surface area (Å²) in [4.78, 5) is 22.6. The van der Waals surface area contributed by atoms with Crippen molar-refractivity contribution in [2.24, 2.45) is 0 Å². The van der Waals surface area contributed by atoms with Gasteiger partial charge in [-0.2, -0.15) is 22.9 Å². The zero-order chi connectivity index (χ0) is 44.6. The van der Waals surface area contributed by atoms with Gasteiger partial charge in [-0.3, -0.25) is 0 Å². The quantitative estimate of drug-likeness (QED) is 0.0942. The summed E-state index contributed by atoms with van der Waals surface area (Å²) in [6.07, 6.45) is 6.54. The van der Waals surface area contributed by atoms with Gasteiger partial charge in [0.2, 0.25) is 5.95 Å². The normalized spacial score (nSPS) is 11.2. The van der Waals surface area contributed by atoms with Gasteiger partial charge in [-0.1, -0.05) is 160 Å². The van der Waals surface area contributed by atoms with Crippen LogP contribution in [0.15, 0.2) is 146 Å². The molecule has 0 aliphatic heterocycles. The summed E-state index contributed by atoms with van der Waals surface area (Å²) in [5.74, 6) is 3.34.